The summed E-state index contributed by atoms with van der Waals surface area (Å²) < 4.78 is 0. The summed E-state index contributed by atoms with van der Waals surface area (Å²) in [5.74, 6) is 0. The molecule has 0 fully saturated rings. The number of hydrogen-bond acceptors (Lipinski definition) is 2. The first-order valence-corrected chi connectivity index (χ1v) is 15.0. The second-order valence-corrected chi connectivity index (χ2v) is 10.2. The van der Waals surface area contributed by atoms with E-state index in [9.17, 15) is 0 Å². The van der Waals surface area contributed by atoms with Crippen molar-refractivity contribution in [3.63, 3.8) is 0 Å². The van der Waals surface area contributed by atoms with Crippen molar-refractivity contribution in [2.24, 2.45) is 0 Å². The fourth-order valence-corrected chi connectivity index (χ4v) is 4.80. The lowest BCUT2D eigenvalue weighted by molar-refractivity contribution is -0.307. The largest absolute Gasteiger partial charge is 0.240 e. The molecule has 0 aliphatic rings. The van der Waals surface area contributed by atoms with Gasteiger partial charge in [0.25, 0.3) is 0 Å². The molecule has 0 aromatic heterocycles. The number of unbranched alkanes of at least 4 members (excludes halogenated alkanes) is 22. The Morgan fingerprint density at radius 3 is 0.875 bits per heavy atom. The fourth-order valence-electron chi connectivity index (χ4n) is 4.80. The minimum Gasteiger partial charge on any atom is -0.240 e. The van der Waals surface area contributed by atoms with Crippen LogP contribution in [0.3, 0.4) is 0 Å². The van der Waals surface area contributed by atoms with E-state index >= 15 is 0 Å². The van der Waals surface area contributed by atoms with Gasteiger partial charge < -0.3 is 0 Å². The van der Waals surface area contributed by atoms with Crippen LogP contribution in [0, 0.1) is 0 Å². The van der Waals surface area contributed by atoms with Gasteiger partial charge in [-0.1, -0.05) is 168 Å². The fraction of sp³-hybridized carbons (Fsp3) is 1.00. The summed E-state index contributed by atoms with van der Waals surface area (Å²) in [7, 11) is 1.66. The first kappa shape index (κ1) is 31.9. The molecule has 2 nitrogen and oxygen atoms in total. The molecule has 0 amide bonds. The molecule has 0 saturated carbocycles. The van der Waals surface area contributed by atoms with E-state index in [0.717, 1.165) is 0 Å². The first-order valence-electron chi connectivity index (χ1n) is 15.0. The van der Waals surface area contributed by atoms with Crippen LogP contribution in [0.25, 0.3) is 0 Å². The van der Waals surface area contributed by atoms with Crippen molar-refractivity contribution in [2.75, 3.05) is 7.11 Å². The lowest BCUT2D eigenvalue weighted by Gasteiger charge is -2.15. The summed E-state index contributed by atoms with van der Waals surface area (Å²) in [6.07, 6.45) is 36.5. The van der Waals surface area contributed by atoms with Crippen LogP contribution in [-0.4, -0.2) is 13.2 Å². The Balaban J connectivity index is 3.39. The Morgan fingerprint density at radius 1 is 0.375 bits per heavy atom. The highest BCUT2D eigenvalue weighted by Crippen LogP contribution is 2.18. The smallest absolute Gasteiger partial charge is 0.0929 e. The van der Waals surface area contributed by atoms with Gasteiger partial charge in [0.15, 0.2) is 0 Å². The second-order valence-electron chi connectivity index (χ2n) is 10.2. The molecule has 0 atom stereocenters. The molecule has 0 spiro atoms. The van der Waals surface area contributed by atoms with Gasteiger partial charge in [-0.05, 0) is 12.8 Å². The predicted molar refractivity (Wildman–Crippen MR) is 143 cm³/mol. The zero-order valence-electron chi connectivity index (χ0n) is 22.8. The van der Waals surface area contributed by atoms with Gasteiger partial charge in [-0.2, -0.15) is 0 Å². The molecule has 32 heavy (non-hydrogen) atoms. The SMILES string of the molecule is CCCCCCCCCCCCCCC(CCCCCCCCCCCCCC)OOC. The summed E-state index contributed by atoms with van der Waals surface area (Å²) >= 11 is 0. The zero-order chi connectivity index (χ0) is 23.4. The van der Waals surface area contributed by atoms with Crippen LogP contribution < -0.4 is 0 Å². The molecule has 194 valence electrons. The van der Waals surface area contributed by atoms with E-state index in [0.29, 0.717) is 6.10 Å². The summed E-state index contributed by atoms with van der Waals surface area (Å²) in [6.45, 7) is 4.59. The molecule has 0 N–H and O–H groups in total. The van der Waals surface area contributed by atoms with Crippen LogP contribution >= 0.6 is 0 Å². The van der Waals surface area contributed by atoms with Gasteiger partial charge in [0.2, 0.25) is 0 Å². The van der Waals surface area contributed by atoms with E-state index in [1.54, 1.807) is 7.11 Å². The van der Waals surface area contributed by atoms with Crippen molar-refractivity contribution >= 4 is 0 Å². The molecule has 0 unspecified atom stereocenters. The maximum absolute atomic E-state index is 5.54. The molecule has 0 radical (unpaired) electrons. The first-order chi connectivity index (χ1) is 15.8. The van der Waals surface area contributed by atoms with Gasteiger partial charge in [-0.25, -0.2) is 9.78 Å². The highest BCUT2D eigenvalue weighted by Gasteiger charge is 2.09. The van der Waals surface area contributed by atoms with E-state index in [4.69, 9.17) is 9.78 Å². The van der Waals surface area contributed by atoms with Crippen LogP contribution in [-0.2, 0) is 9.78 Å². The minimum atomic E-state index is 0.311. The highest BCUT2D eigenvalue weighted by atomic mass is 17.2. The van der Waals surface area contributed by atoms with Crippen molar-refractivity contribution in [1.82, 2.24) is 0 Å². The van der Waals surface area contributed by atoms with Crippen LogP contribution in [0.4, 0.5) is 0 Å². The van der Waals surface area contributed by atoms with Gasteiger partial charge >= 0.3 is 0 Å². The Labute approximate surface area is 203 Å². The van der Waals surface area contributed by atoms with Gasteiger partial charge in [-0.3, -0.25) is 0 Å². The lowest BCUT2D eigenvalue weighted by atomic mass is 10.0. The standard InChI is InChI=1S/C30H62O2/c1-4-6-8-10-12-14-16-18-20-22-24-26-28-30(32-31-3)29-27-25-23-21-19-17-15-13-11-9-7-5-2/h30H,4-29H2,1-3H3. The molecule has 0 aliphatic carbocycles. The zero-order valence-corrected chi connectivity index (χ0v) is 22.8. The summed E-state index contributed by atoms with van der Waals surface area (Å²) in [4.78, 5) is 10.6. The summed E-state index contributed by atoms with van der Waals surface area (Å²) in [6, 6.07) is 0. The quantitative estimate of drug-likeness (QED) is 0.0664. The molecule has 0 heterocycles. The van der Waals surface area contributed by atoms with E-state index in [1.165, 1.54) is 167 Å². The third-order valence-electron chi connectivity index (χ3n) is 6.99. The topological polar surface area (TPSA) is 18.5 Å². The Bertz CT molecular complexity index is 290. The maximum Gasteiger partial charge on any atom is 0.0929 e. The van der Waals surface area contributed by atoms with Crippen molar-refractivity contribution in [3.8, 4) is 0 Å². The van der Waals surface area contributed by atoms with Crippen molar-refractivity contribution < 1.29 is 9.78 Å². The van der Waals surface area contributed by atoms with Crippen LogP contribution in [0.2, 0.25) is 0 Å². The molecule has 0 rings (SSSR count). The molecule has 0 saturated heterocycles. The molecule has 0 aromatic carbocycles. The van der Waals surface area contributed by atoms with Gasteiger partial charge in [0.05, 0.1) is 13.2 Å². The van der Waals surface area contributed by atoms with E-state index in [1.807, 2.05) is 0 Å². The summed E-state index contributed by atoms with van der Waals surface area (Å²) in [5, 5.41) is 0. The van der Waals surface area contributed by atoms with Crippen molar-refractivity contribution in [1.29, 1.82) is 0 Å². The van der Waals surface area contributed by atoms with Crippen molar-refractivity contribution in [2.45, 2.75) is 187 Å². The maximum atomic E-state index is 5.54. The van der Waals surface area contributed by atoms with Crippen molar-refractivity contribution in [3.05, 3.63) is 0 Å². The monoisotopic (exact) mass is 454 g/mol. The van der Waals surface area contributed by atoms with Crippen LogP contribution in [0.5, 0.6) is 0 Å². The van der Waals surface area contributed by atoms with E-state index in [2.05, 4.69) is 13.8 Å². The lowest BCUT2D eigenvalue weighted by Crippen LogP contribution is -2.12. The molecule has 0 aromatic rings. The van der Waals surface area contributed by atoms with Crippen LogP contribution in [0.1, 0.15) is 181 Å². The van der Waals surface area contributed by atoms with Gasteiger partial charge in [-0.15, -0.1) is 0 Å². The number of rotatable bonds is 28. The number of hydrogen-bond donors (Lipinski definition) is 0. The predicted octanol–water partition coefficient (Wildman–Crippen LogP) is 11.1. The minimum absolute atomic E-state index is 0.311. The van der Waals surface area contributed by atoms with E-state index < -0.39 is 0 Å². The Morgan fingerprint density at radius 2 is 0.625 bits per heavy atom. The van der Waals surface area contributed by atoms with E-state index in [-0.39, 0.29) is 0 Å². The Hall–Kier alpha value is -0.0800. The molecular formula is C30H62O2. The average molecular weight is 455 g/mol. The normalized spacial score (nSPS) is 11.6. The molecule has 2 heteroatoms. The van der Waals surface area contributed by atoms with Crippen LogP contribution in [0.15, 0.2) is 0 Å². The average Bonchev–Trinajstić information content (AvgIpc) is 2.80. The molecule has 0 aliphatic heterocycles. The summed E-state index contributed by atoms with van der Waals surface area (Å²) in [5.41, 5.74) is 0. The van der Waals surface area contributed by atoms with Gasteiger partial charge in [0.1, 0.15) is 0 Å². The van der Waals surface area contributed by atoms with Gasteiger partial charge in [0, 0.05) is 0 Å². The molecule has 0 bridgehead atoms. The highest BCUT2D eigenvalue weighted by molar-refractivity contribution is 4.59. The molecular weight excluding hydrogens is 392 g/mol. The Kier molecular flexibility index (Phi) is 28.9. The third kappa shape index (κ3) is 26.2. The second kappa shape index (κ2) is 29.0. The third-order valence-corrected chi connectivity index (χ3v) is 6.99.